The Morgan fingerprint density at radius 2 is 1.51 bits per heavy atom. The molecule has 3 aliphatic rings. The van der Waals surface area contributed by atoms with Crippen LogP contribution in [0.1, 0.15) is 67.2 Å². The van der Waals surface area contributed by atoms with Gasteiger partial charge in [0, 0.05) is 94.4 Å². The lowest BCUT2D eigenvalue weighted by atomic mass is 9.93. The number of imidazole rings is 1. The summed E-state index contributed by atoms with van der Waals surface area (Å²) in [4.78, 5) is 98.7. The highest BCUT2D eigenvalue weighted by Gasteiger charge is 2.46. The number of hydrogen-bond acceptors (Lipinski definition) is 18. The number of amidine groups is 1. The van der Waals surface area contributed by atoms with Gasteiger partial charge in [0.05, 0.1) is 60.0 Å². The summed E-state index contributed by atoms with van der Waals surface area (Å²) in [6, 6.07) is 16.1. The number of allylic oxidation sites excluding steroid dienone is 1. The molecule has 3 aromatic carbocycles. The average molecular weight is 1140 g/mol. The largest absolute Gasteiger partial charge is 0.512 e. The Morgan fingerprint density at radius 1 is 0.827 bits per heavy atom. The molecule has 5 aromatic rings. The van der Waals surface area contributed by atoms with Crippen molar-refractivity contribution in [3.05, 3.63) is 89.8 Å². The van der Waals surface area contributed by atoms with Crippen molar-refractivity contribution >= 4 is 79.5 Å². The lowest BCUT2D eigenvalue weighted by molar-refractivity contribution is -0.136. The van der Waals surface area contributed by atoms with Crippen molar-refractivity contribution in [1.29, 1.82) is 5.41 Å². The number of rotatable bonds is 27. The zero-order valence-electron chi connectivity index (χ0n) is 45.6. The summed E-state index contributed by atoms with van der Waals surface area (Å²) in [6.07, 6.45) is 4.46. The maximum Gasteiger partial charge on any atom is 0.324 e. The number of aromatic nitrogens is 2. The molecule has 0 bridgehead atoms. The van der Waals surface area contributed by atoms with Gasteiger partial charge in [0.2, 0.25) is 17.7 Å². The zero-order valence-corrected chi connectivity index (χ0v) is 46.5. The number of carbonyl (C=O) groups is 7. The van der Waals surface area contributed by atoms with Crippen molar-refractivity contribution in [3.8, 4) is 22.8 Å². The summed E-state index contributed by atoms with van der Waals surface area (Å²) in [5, 5.41) is 31.0. The number of benzene rings is 3. The fourth-order valence-corrected chi connectivity index (χ4v) is 10.0. The molecule has 0 aliphatic carbocycles. The predicted molar refractivity (Wildman–Crippen MR) is 301 cm³/mol. The van der Waals surface area contributed by atoms with E-state index in [0.29, 0.717) is 84.4 Å². The van der Waals surface area contributed by atoms with Crippen molar-refractivity contribution in [2.75, 3.05) is 111 Å². The Hall–Kier alpha value is -7.81. The highest BCUT2D eigenvalue weighted by molar-refractivity contribution is 7.23. The molecule has 81 heavy (non-hydrogen) atoms. The summed E-state index contributed by atoms with van der Waals surface area (Å²) in [7, 11) is 0. The number of amides is 8. The van der Waals surface area contributed by atoms with Crippen molar-refractivity contribution < 1.29 is 62.4 Å². The number of hydrogen-bond donors (Lipinski definition) is 7. The van der Waals surface area contributed by atoms with Crippen LogP contribution in [0.2, 0.25) is 0 Å². The lowest BCUT2D eigenvalue weighted by Gasteiger charge is -2.34. The highest BCUT2D eigenvalue weighted by atomic mass is 32.1. The van der Waals surface area contributed by atoms with Gasteiger partial charge in [-0.15, -0.1) is 0 Å². The molecule has 25 heteroatoms. The molecule has 0 spiro atoms. The molecule has 24 nitrogen and oxygen atoms in total. The number of aliphatic hydroxyl groups excluding tert-OH is 1. The molecule has 1 atom stereocenters. The second kappa shape index (κ2) is 28.1. The van der Waals surface area contributed by atoms with Gasteiger partial charge in [-0.05, 0) is 61.7 Å². The maximum absolute atomic E-state index is 13.2. The number of carbonyl (C=O) groups excluding carboxylic acids is 7. The summed E-state index contributed by atoms with van der Waals surface area (Å²) in [5.74, 6) is -2.39. The molecule has 2 aromatic heterocycles. The van der Waals surface area contributed by atoms with E-state index in [2.05, 4.69) is 40.8 Å². The lowest BCUT2D eigenvalue weighted by Crippen LogP contribution is -2.54. The van der Waals surface area contributed by atoms with E-state index < -0.39 is 53.6 Å². The molecule has 5 heterocycles. The number of thiazole rings is 1. The van der Waals surface area contributed by atoms with Crippen molar-refractivity contribution in [2.24, 2.45) is 5.41 Å². The van der Waals surface area contributed by atoms with Gasteiger partial charge in [0.1, 0.15) is 35.7 Å². The monoisotopic (exact) mass is 1140 g/mol. The molecule has 8 amide bonds. The molecule has 2 saturated heterocycles. The molecular weight excluding hydrogens is 1070 g/mol. The molecule has 0 radical (unpaired) electrons. The van der Waals surface area contributed by atoms with E-state index in [1.54, 1.807) is 23.5 Å². The number of aliphatic hydroxyl groups is 1. The van der Waals surface area contributed by atoms with Crippen LogP contribution in [0.25, 0.3) is 26.4 Å². The smallest absolute Gasteiger partial charge is 0.324 e. The molecule has 0 saturated carbocycles. The van der Waals surface area contributed by atoms with Crippen molar-refractivity contribution in [2.45, 2.75) is 52.5 Å². The SMILES string of the molecule is CC(C)(C)/C(O)=C/C(=N)NC(=O)Nc1ccc(-c2cn3c(n2)sc2cc(OCCN4CCN(CC(=O)NCCCOCCOCCOCCCNC(=O)COc5cccc6c5C(=O)N(C5CCC(=O)NC5=O)C6=O)CC4)ccc23)cc1. The van der Waals surface area contributed by atoms with Crippen molar-refractivity contribution in [3.63, 3.8) is 0 Å². The van der Waals surface area contributed by atoms with E-state index in [1.807, 2.05) is 57.3 Å². The highest BCUT2D eigenvalue weighted by Crippen LogP contribution is 2.35. The second-order valence-electron chi connectivity index (χ2n) is 20.5. The Morgan fingerprint density at radius 3 is 2.20 bits per heavy atom. The quantitative estimate of drug-likeness (QED) is 0.0127. The number of urea groups is 1. The van der Waals surface area contributed by atoms with Crippen LogP contribution in [0, 0.1) is 10.8 Å². The van der Waals surface area contributed by atoms with Crippen LogP contribution in [0.5, 0.6) is 11.5 Å². The summed E-state index contributed by atoms with van der Waals surface area (Å²) in [6.45, 7) is 13.2. The zero-order chi connectivity index (χ0) is 57.5. The molecule has 432 valence electrons. The predicted octanol–water partition coefficient (Wildman–Crippen LogP) is 4.34. The minimum Gasteiger partial charge on any atom is -0.512 e. The molecule has 2 fully saturated rings. The Labute approximate surface area is 471 Å². The third-order valence-electron chi connectivity index (χ3n) is 13.4. The third-order valence-corrected chi connectivity index (χ3v) is 14.4. The first-order chi connectivity index (χ1) is 39.0. The van der Waals surface area contributed by atoms with Crippen LogP contribution >= 0.6 is 11.3 Å². The Kier molecular flexibility index (Phi) is 20.5. The summed E-state index contributed by atoms with van der Waals surface area (Å²) >= 11 is 1.57. The third kappa shape index (κ3) is 16.4. The van der Waals surface area contributed by atoms with Crippen LogP contribution in [-0.4, -0.2) is 188 Å². The van der Waals surface area contributed by atoms with Gasteiger partial charge in [-0.2, -0.15) is 0 Å². The number of nitrogens with zero attached hydrogens (tertiary/aromatic N) is 5. The number of fused-ring (bicyclic) bond motifs is 4. The van der Waals surface area contributed by atoms with Crippen molar-refractivity contribution in [1.82, 2.24) is 45.4 Å². The van der Waals surface area contributed by atoms with E-state index in [1.165, 1.54) is 24.3 Å². The fraction of sp³-hybridized carbons (Fsp3) is 0.446. The van der Waals surface area contributed by atoms with Gasteiger partial charge in [0.25, 0.3) is 17.7 Å². The van der Waals surface area contributed by atoms with Gasteiger partial charge in [-0.1, -0.05) is 50.3 Å². The van der Waals surface area contributed by atoms with E-state index in [0.717, 1.165) is 69.8 Å². The van der Waals surface area contributed by atoms with E-state index in [9.17, 15) is 38.7 Å². The maximum atomic E-state index is 13.2. The minimum atomic E-state index is -1.11. The number of anilines is 1. The normalized spacial score (nSPS) is 16.2. The van der Waals surface area contributed by atoms with Crippen LogP contribution in [0.15, 0.2) is 78.7 Å². The van der Waals surface area contributed by atoms with E-state index in [4.69, 9.17) is 34.1 Å². The second-order valence-corrected chi connectivity index (χ2v) is 21.5. The van der Waals surface area contributed by atoms with Crippen LogP contribution in [0.3, 0.4) is 0 Å². The molecule has 8 rings (SSSR count). The number of piperidine rings is 1. The molecular formula is C56H69N11O13S. The van der Waals surface area contributed by atoms with Crippen LogP contribution in [-0.2, 0) is 33.4 Å². The molecule has 3 aliphatic heterocycles. The fourth-order valence-electron chi connectivity index (χ4n) is 8.98. The van der Waals surface area contributed by atoms with Gasteiger partial charge in [0.15, 0.2) is 11.6 Å². The van der Waals surface area contributed by atoms with Gasteiger partial charge >= 0.3 is 6.03 Å². The van der Waals surface area contributed by atoms with Gasteiger partial charge in [-0.3, -0.25) is 63.9 Å². The first-order valence-corrected chi connectivity index (χ1v) is 27.7. The Bertz CT molecular complexity index is 3130. The van der Waals surface area contributed by atoms with Gasteiger partial charge in [-0.25, -0.2) is 9.78 Å². The summed E-state index contributed by atoms with van der Waals surface area (Å²) in [5.41, 5.74) is 2.74. The average Bonchev–Trinajstić information content (AvgIpc) is 4.32. The Balaban J connectivity index is 0.602. The number of imide groups is 2. The van der Waals surface area contributed by atoms with E-state index in [-0.39, 0.29) is 47.2 Å². The molecule has 1 unspecified atom stereocenters. The first-order valence-electron chi connectivity index (χ1n) is 26.9. The number of piperazine rings is 1. The van der Waals surface area contributed by atoms with Gasteiger partial charge < -0.3 is 44.7 Å². The van der Waals surface area contributed by atoms with Crippen LogP contribution < -0.4 is 36.1 Å². The number of ether oxygens (including phenoxy) is 5. The minimum absolute atomic E-state index is 0.00510. The topological polar surface area (TPSA) is 297 Å². The van der Waals surface area contributed by atoms with Crippen LogP contribution in [0.4, 0.5) is 10.5 Å². The molecule has 7 N–H and O–H groups in total. The number of nitrogens with one attached hydrogen (secondary N) is 6. The summed E-state index contributed by atoms with van der Waals surface area (Å²) < 4.78 is 31.7. The van der Waals surface area contributed by atoms with E-state index >= 15 is 0 Å². The standard InChI is InChI=1S/C56H69N11O13S/c1-56(2,3)45(68)32-46(57)62-54(75)60-37-11-9-36(10-12-37)40-33-66-41-14-13-38(31-44(41)81-55(66)61-40)79-26-23-64-19-21-65(22-20-64)34-48(70)58-17-5-24-76-27-29-78-30-28-77-25-6-18-59-49(71)35-80-43-8-4-7-39-50(43)53(74)67(52(39)73)42-15-16-47(69)63-51(42)72/h4,7-14,31-33,42,68H,5-6,15-30,34-35H2,1-3H3,(H,58,70)(H,59,71)(H,63,69,72)(H3,57,60,62,75)/b45-32-. The first kappa shape index (κ1) is 59.3.